The van der Waals surface area contributed by atoms with Crippen molar-refractivity contribution in [2.24, 2.45) is 0 Å². The van der Waals surface area contributed by atoms with E-state index in [9.17, 15) is 8.78 Å². The van der Waals surface area contributed by atoms with Crippen LogP contribution in [0.1, 0.15) is 19.3 Å². The highest BCUT2D eigenvalue weighted by atomic mass is 19.2. The van der Waals surface area contributed by atoms with E-state index >= 15 is 0 Å². The molecule has 1 saturated carbocycles. The number of halogens is 2. The largest absolute Gasteiger partial charge is 0.487 e. The summed E-state index contributed by atoms with van der Waals surface area (Å²) in [4.78, 5) is 0. The van der Waals surface area contributed by atoms with Crippen LogP contribution in [-0.2, 0) is 0 Å². The Hall–Kier alpha value is -1.16. The van der Waals surface area contributed by atoms with E-state index in [1.54, 1.807) is 0 Å². The molecule has 1 fully saturated rings. The molecule has 0 amide bonds. The lowest BCUT2D eigenvalue weighted by molar-refractivity contribution is 0.195. The first-order valence-corrected chi connectivity index (χ1v) is 5.48. The van der Waals surface area contributed by atoms with Crippen molar-refractivity contribution >= 4 is 0 Å². The van der Waals surface area contributed by atoms with Crippen LogP contribution in [0.5, 0.6) is 5.75 Å². The van der Waals surface area contributed by atoms with E-state index in [0.717, 1.165) is 25.3 Å². The predicted octanol–water partition coefficient (Wildman–Crippen LogP) is 2.48. The van der Waals surface area contributed by atoms with Crippen LogP contribution >= 0.6 is 0 Å². The number of nitrogens with one attached hydrogen (secondary N) is 1. The van der Waals surface area contributed by atoms with Crippen molar-refractivity contribution in [2.45, 2.75) is 31.4 Å². The van der Waals surface area contributed by atoms with Gasteiger partial charge in [-0.3, -0.25) is 0 Å². The maximum absolute atomic E-state index is 13.3. The third-order valence-corrected chi connectivity index (χ3v) is 3.00. The molecule has 16 heavy (non-hydrogen) atoms. The number of rotatable bonds is 3. The Morgan fingerprint density at radius 3 is 2.81 bits per heavy atom. The fourth-order valence-corrected chi connectivity index (χ4v) is 2.06. The van der Waals surface area contributed by atoms with Crippen molar-refractivity contribution in [1.29, 1.82) is 0 Å². The van der Waals surface area contributed by atoms with Gasteiger partial charge in [0, 0.05) is 6.04 Å². The molecular weight excluding hydrogens is 212 g/mol. The van der Waals surface area contributed by atoms with Crippen LogP contribution in [0.2, 0.25) is 0 Å². The Morgan fingerprint density at radius 2 is 2.12 bits per heavy atom. The summed E-state index contributed by atoms with van der Waals surface area (Å²) in [6, 6.07) is 4.43. The van der Waals surface area contributed by atoms with Crippen molar-refractivity contribution in [3.05, 3.63) is 29.8 Å². The van der Waals surface area contributed by atoms with Crippen LogP contribution in [0.3, 0.4) is 0 Å². The molecule has 2 nitrogen and oxygen atoms in total. The van der Waals surface area contributed by atoms with Crippen LogP contribution in [-0.4, -0.2) is 19.2 Å². The lowest BCUT2D eigenvalue weighted by Gasteiger charge is -2.14. The smallest absolute Gasteiger partial charge is 0.200 e. The topological polar surface area (TPSA) is 21.3 Å². The van der Waals surface area contributed by atoms with E-state index in [0.29, 0.717) is 6.04 Å². The van der Waals surface area contributed by atoms with Crippen LogP contribution < -0.4 is 10.1 Å². The van der Waals surface area contributed by atoms with Gasteiger partial charge < -0.3 is 10.1 Å². The molecule has 0 aliphatic heterocycles. The zero-order valence-corrected chi connectivity index (χ0v) is 9.17. The number of hydrogen-bond acceptors (Lipinski definition) is 2. The van der Waals surface area contributed by atoms with Gasteiger partial charge in [-0.1, -0.05) is 6.07 Å². The summed E-state index contributed by atoms with van der Waals surface area (Å²) in [5.74, 6) is -1.74. The molecule has 0 radical (unpaired) electrons. The Labute approximate surface area is 93.6 Å². The number of hydrogen-bond donors (Lipinski definition) is 1. The second-order valence-electron chi connectivity index (χ2n) is 4.09. The van der Waals surface area contributed by atoms with Gasteiger partial charge in [-0.05, 0) is 38.4 Å². The van der Waals surface area contributed by atoms with Crippen LogP contribution in [0.25, 0.3) is 0 Å². The molecule has 1 aromatic rings. The van der Waals surface area contributed by atoms with Crippen LogP contribution in [0.4, 0.5) is 8.78 Å². The van der Waals surface area contributed by atoms with E-state index < -0.39 is 11.6 Å². The average Bonchev–Trinajstić information content (AvgIpc) is 2.73. The van der Waals surface area contributed by atoms with Gasteiger partial charge in [-0.25, -0.2) is 4.39 Å². The van der Waals surface area contributed by atoms with Crippen molar-refractivity contribution in [3.63, 3.8) is 0 Å². The molecule has 4 heteroatoms. The third kappa shape index (κ3) is 2.32. The van der Waals surface area contributed by atoms with Gasteiger partial charge in [0.25, 0.3) is 0 Å². The summed E-state index contributed by atoms with van der Waals surface area (Å²) in [6.07, 6.45) is 2.71. The lowest BCUT2D eigenvalue weighted by atomic mass is 10.2. The Morgan fingerprint density at radius 1 is 1.31 bits per heavy atom. The van der Waals surface area contributed by atoms with Gasteiger partial charge in [0.05, 0.1) is 0 Å². The highest BCUT2D eigenvalue weighted by molar-refractivity contribution is 5.25. The standard InChI is InChI=1S/C12H15F2NO/c1-15-8-5-6-9(7-8)16-11-4-2-3-10(13)12(11)14/h2-4,8-9,15H,5-7H2,1H3. The molecule has 0 bridgehead atoms. The van der Waals surface area contributed by atoms with Gasteiger partial charge in [-0.2, -0.15) is 4.39 Å². The van der Waals surface area contributed by atoms with Crippen molar-refractivity contribution < 1.29 is 13.5 Å². The van der Waals surface area contributed by atoms with Gasteiger partial charge >= 0.3 is 0 Å². The van der Waals surface area contributed by atoms with Gasteiger partial charge in [0.2, 0.25) is 5.82 Å². The van der Waals surface area contributed by atoms with Gasteiger partial charge in [-0.15, -0.1) is 0 Å². The fraction of sp³-hybridized carbons (Fsp3) is 0.500. The molecule has 88 valence electrons. The zero-order chi connectivity index (χ0) is 11.5. The van der Waals surface area contributed by atoms with Gasteiger partial charge in [0.1, 0.15) is 6.10 Å². The first-order valence-electron chi connectivity index (χ1n) is 5.48. The average molecular weight is 227 g/mol. The second-order valence-corrected chi connectivity index (χ2v) is 4.09. The summed E-state index contributed by atoms with van der Waals surface area (Å²) in [5, 5.41) is 3.16. The Bertz CT molecular complexity index is 370. The molecule has 0 heterocycles. The zero-order valence-electron chi connectivity index (χ0n) is 9.17. The van der Waals surface area contributed by atoms with E-state index in [-0.39, 0.29) is 11.9 Å². The Kier molecular flexibility index (Phi) is 3.39. The van der Waals surface area contributed by atoms with E-state index in [2.05, 4.69) is 5.32 Å². The predicted molar refractivity (Wildman–Crippen MR) is 57.5 cm³/mol. The molecule has 1 aliphatic rings. The maximum atomic E-state index is 13.3. The quantitative estimate of drug-likeness (QED) is 0.856. The monoisotopic (exact) mass is 227 g/mol. The first kappa shape index (κ1) is 11.3. The molecule has 2 atom stereocenters. The van der Waals surface area contributed by atoms with Crippen LogP contribution in [0, 0.1) is 11.6 Å². The fourth-order valence-electron chi connectivity index (χ4n) is 2.06. The maximum Gasteiger partial charge on any atom is 0.200 e. The normalized spacial score (nSPS) is 24.7. The summed E-state index contributed by atoms with van der Waals surface area (Å²) >= 11 is 0. The first-order chi connectivity index (χ1) is 7.70. The van der Waals surface area contributed by atoms with Crippen molar-refractivity contribution in [2.75, 3.05) is 7.05 Å². The SMILES string of the molecule is CNC1CCC(Oc2cccc(F)c2F)C1. The summed E-state index contributed by atoms with van der Waals surface area (Å²) < 4.78 is 31.7. The number of ether oxygens (including phenoxy) is 1. The van der Waals surface area contributed by atoms with E-state index in [4.69, 9.17) is 4.74 Å². The van der Waals surface area contributed by atoms with Crippen molar-refractivity contribution in [3.8, 4) is 5.75 Å². The highest BCUT2D eigenvalue weighted by Gasteiger charge is 2.25. The molecule has 2 rings (SSSR count). The second kappa shape index (κ2) is 4.78. The molecule has 1 aliphatic carbocycles. The lowest BCUT2D eigenvalue weighted by Crippen LogP contribution is -2.23. The molecule has 1 aromatic carbocycles. The molecule has 2 unspecified atom stereocenters. The summed E-state index contributed by atoms with van der Waals surface area (Å²) in [5.41, 5.74) is 0. The minimum atomic E-state index is -0.893. The van der Waals surface area contributed by atoms with E-state index in [1.807, 2.05) is 7.05 Å². The minimum Gasteiger partial charge on any atom is -0.487 e. The number of benzene rings is 1. The molecule has 1 N–H and O–H groups in total. The van der Waals surface area contributed by atoms with E-state index in [1.165, 1.54) is 12.1 Å². The highest BCUT2D eigenvalue weighted by Crippen LogP contribution is 2.27. The Balaban J connectivity index is 2.02. The molecule has 0 spiro atoms. The van der Waals surface area contributed by atoms with Crippen LogP contribution in [0.15, 0.2) is 18.2 Å². The molecule has 0 aromatic heterocycles. The van der Waals surface area contributed by atoms with Gasteiger partial charge in [0.15, 0.2) is 11.6 Å². The molecule has 0 saturated heterocycles. The van der Waals surface area contributed by atoms with Crippen molar-refractivity contribution in [1.82, 2.24) is 5.32 Å². The molecular formula is C12H15F2NO. The minimum absolute atomic E-state index is 0.0155. The summed E-state index contributed by atoms with van der Waals surface area (Å²) in [7, 11) is 1.90. The summed E-state index contributed by atoms with van der Waals surface area (Å²) in [6.45, 7) is 0. The third-order valence-electron chi connectivity index (χ3n) is 3.00.